The van der Waals surface area contributed by atoms with Gasteiger partial charge in [-0.2, -0.15) is 0 Å². The van der Waals surface area contributed by atoms with E-state index in [1.807, 2.05) is 25.2 Å². The molecule has 2 aliphatic heterocycles. The van der Waals surface area contributed by atoms with Gasteiger partial charge in [-0.1, -0.05) is 6.08 Å². The number of allylic oxidation sites excluding steroid dienone is 2. The van der Waals surface area contributed by atoms with Gasteiger partial charge in [-0.15, -0.1) is 0 Å². The molecule has 0 radical (unpaired) electrons. The van der Waals surface area contributed by atoms with E-state index >= 15 is 0 Å². The topological polar surface area (TPSA) is 70.8 Å². The van der Waals surface area contributed by atoms with Crippen molar-refractivity contribution < 1.29 is 9.53 Å². The molecule has 19 heavy (non-hydrogen) atoms. The van der Waals surface area contributed by atoms with Crippen LogP contribution in [0.2, 0.25) is 0 Å². The average molecular weight is 266 g/mol. The maximum absolute atomic E-state index is 11.1. The van der Waals surface area contributed by atoms with Crippen LogP contribution in [0.1, 0.15) is 20.3 Å². The summed E-state index contributed by atoms with van der Waals surface area (Å²) < 4.78 is 5.55. The summed E-state index contributed by atoms with van der Waals surface area (Å²) in [6, 6.07) is 0.197. The molecule has 6 heteroatoms. The minimum Gasteiger partial charge on any atom is -0.355 e. The molecule has 2 rings (SSSR count). The fraction of sp³-hybridized carbons (Fsp3) is 0.615. The number of nitrogens with one attached hydrogen (secondary N) is 1. The predicted octanol–water partition coefficient (Wildman–Crippen LogP) is 0.146. The van der Waals surface area contributed by atoms with Crippen molar-refractivity contribution in [1.82, 2.24) is 15.2 Å². The molecule has 0 aliphatic carbocycles. The Hall–Kier alpha value is -1.53. The summed E-state index contributed by atoms with van der Waals surface area (Å²) in [5, 5.41) is 4.58. The molecule has 2 unspecified atom stereocenters. The standard InChI is InChI=1S/C13H22N4O2/c1-3-19-13-6-4-5-12(17(13)14)16-8-7-11(9-16)15-10(2)18/h4-6,11,13H,3,7-9,14H2,1-2H3,(H,15,18). The second-order valence-electron chi connectivity index (χ2n) is 4.80. The SMILES string of the molecule is CCOC1C=CC=C(N2CCC(NC(C)=O)C2)N1N. The van der Waals surface area contributed by atoms with Crippen LogP contribution in [0.4, 0.5) is 0 Å². The van der Waals surface area contributed by atoms with Crippen LogP contribution in [0.25, 0.3) is 0 Å². The summed E-state index contributed by atoms with van der Waals surface area (Å²) in [7, 11) is 0. The maximum atomic E-state index is 11.1. The normalized spacial score (nSPS) is 26.6. The lowest BCUT2D eigenvalue weighted by Crippen LogP contribution is -2.47. The summed E-state index contributed by atoms with van der Waals surface area (Å²) >= 11 is 0. The van der Waals surface area contributed by atoms with Gasteiger partial charge in [-0.3, -0.25) is 9.80 Å². The molecule has 1 saturated heterocycles. The number of likely N-dealkylation sites (tertiary alicyclic amines) is 1. The Bertz CT molecular complexity index is 394. The highest BCUT2D eigenvalue weighted by molar-refractivity contribution is 5.73. The second kappa shape index (κ2) is 6.08. The molecule has 0 aromatic rings. The lowest BCUT2D eigenvalue weighted by Gasteiger charge is -2.35. The minimum absolute atomic E-state index is 0.0150. The number of carbonyl (C=O) groups is 1. The summed E-state index contributed by atoms with van der Waals surface area (Å²) in [6.07, 6.45) is 6.59. The third kappa shape index (κ3) is 3.27. The zero-order valence-electron chi connectivity index (χ0n) is 11.5. The van der Waals surface area contributed by atoms with E-state index in [1.165, 1.54) is 0 Å². The van der Waals surface area contributed by atoms with Crippen molar-refractivity contribution in [2.75, 3.05) is 19.7 Å². The van der Waals surface area contributed by atoms with Crippen molar-refractivity contribution in [3.63, 3.8) is 0 Å². The molecule has 106 valence electrons. The third-order valence-corrected chi connectivity index (χ3v) is 3.32. The van der Waals surface area contributed by atoms with E-state index in [9.17, 15) is 4.79 Å². The quantitative estimate of drug-likeness (QED) is 0.709. The zero-order valence-corrected chi connectivity index (χ0v) is 11.5. The smallest absolute Gasteiger partial charge is 0.217 e. The van der Waals surface area contributed by atoms with E-state index in [1.54, 1.807) is 11.9 Å². The van der Waals surface area contributed by atoms with E-state index in [0.717, 1.165) is 25.3 Å². The summed E-state index contributed by atoms with van der Waals surface area (Å²) in [5.74, 6) is 7.05. The molecule has 0 spiro atoms. The van der Waals surface area contributed by atoms with Crippen LogP contribution in [0, 0.1) is 0 Å². The number of nitrogens with zero attached hydrogens (tertiary/aromatic N) is 2. The van der Waals surface area contributed by atoms with Crippen LogP contribution >= 0.6 is 0 Å². The van der Waals surface area contributed by atoms with Gasteiger partial charge >= 0.3 is 0 Å². The Kier molecular flexibility index (Phi) is 4.44. The third-order valence-electron chi connectivity index (χ3n) is 3.32. The molecule has 0 bridgehead atoms. The van der Waals surface area contributed by atoms with Gasteiger partial charge < -0.3 is 15.0 Å². The minimum atomic E-state index is -0.218. The van der Waals surface area contributed by atoms with Crippen molar-refractivity contribution >= 4 is 5.91 Å². The van der Waals surface area contributed by atoms with E-state index in [0.29, 0.717) is 6.61 Å². The van der Waals surface area contributed by atoms with Gasteiger partial charge in [-0.25, -0.2) is 5.84 Å². The number of hydrogen-bond acceptors (Lipinski definition) is 5. The van der Waals surface area contributed by atoms with E-state index in [-0.39, 0.29) is 18.2 Å². The first kappa shape index (κ1) is 13.9. The summed E-state index contributed by atoms with van der Waals surface area (Å²) in [5.41, 5.74) is 0. The molecule has 2 atom stereocenters. The number of rotatable bonds is 4. The largest absolute Gasteiger partial charge is 0.355 e. The Morgan fingerprint density at radius 3 is 3.11 bits per heavy atom. The molecular formula is C13H22N4O2. The van der Waals surface area contributed by atoms with Gasteiger partial charge in [0.25, 0.3) is 0 Å². The Balaban J connectivity index is 1.97. The second-order valence-corrected chi connectivity index (χ2v) is 4.80. The molecule has 1 amide bonds. The number of ether oxygens (including phenoxy) is 1. The number of hydrazine groups is 1. The number of amides is 1. The van der Waals surface area contributed by atoms with Crippen molar-refractivity contribution in [3.8, 4) is 0 Å². The fourth-order valence-electron chi connectivity index (χ4n) is 2.49. The Morgan fingerprint density at radius 1 is 1.63 bits per heavy atom. The molecule has 0 saturated carbocycles. The molecule has 6 nitrogen and oxygen atoms in total. The lowest BCUT2D eigenvalue weighted by molar-refractivity contribution is -0.119. The highest BCUT2D eigenvalue weighted by Gasteiger charge is 2.29. The monoisotopic (exact) mass is 266 g/mol. The molecule has 2 heterocycles. The molecular weight excluding hydrogens is 244 g/mol. The zero-order chi connectivity index (χ0) is 13.8. The first-order chi connectivity index (χ1) is 9.11. The maximum Gasteiger partial charge on any atom is 0.217 e. The molecule has 1 fully saturated rings. The van der Waals surface area contributed by atoms with Crippen LogP contribution in [0.5, 0.6) is 0 Å². The van der Waals surface area contributed by atoms with Gasteiger partial charge in [0.15, 0.2) is 6.23 Å². The van der Waals surface area contributed by atoms with E-state index in [2.05, 4.69) is 10.2 Å². The van der Waals surface area contributed by atoms with E-state index < -0.39 is 0 Å². The molecule has 2 aliphatic rings. The molecule has 3 N–H and O–H groups in total. The number of hydrogen-bond donors (Lipinski definition) is 2. The number of carbonyl (C=O) groups excluding carboxylic acids is 1. The summed E-state index contributed by atoms with van der Waals surface area (Å²) in [6.45, 7) is 5.78. The van der Waals surface area contributed by atoms with Gasteiger partial charge in [0.2, 0.25) is 5.91 Å². The van der Waals surface area contributed by atoms with Crippen LogP contribution in [-0.2, 0) is 9.53 Å². The van der Waals surface area contributed by atoms with Crippen molar-refractivity contribution in [1.29, 1.82) is 0 Å². The summed E-state index contributed by atoms with van der Waals surface area (Å²) in [4.78, 5) is 13.3. The van der Waals surface area contributed by atoms with E-state index in [4.69, 9.17) is 10.6 Å². The Labute approximate surface area is 113 Å². The van der Waals surface area contributed by atoms with Crippen molar-refractivity contribution in [3.05, 3.63) is 24.0 Å². The van der Waals surface area contributed by atoms with Crippen LogP contribution in [0.3, 0.4) is 0 Å². The highest BCUT2D eigenvalue weighted by Crippen LogP contribution is 2.21. The first-order valence-corrected chi connectivity index (χ1v) is 6.68. The van der Waals surface area contributed by atoms with Crippen LogP contribution in [-0.4, -0.2) is 47.8 Å². The predicted molar refractivity (Wildman–Crippen MR) is 72.5 cm³/mol. The molecule has 0 aromatic heterocycles. The lowest BCUT2D eigenvalue weighted by atomic mass is 10.2. The van der Waals surface area contributed by atoms with Gasteiger partial charge in [0.05, 0.1) is 0 Å². The van der Waals surface area contributed by atoms with Gasteiger partial charge in [0.1, 0.15) is 5.82 Å². The van der Waals surface area contributed by atoms with Gasteiger partial charge in [0, 0.05) is 32.7 Å². The fourth-order valence-corrected chi connectivity index (χ4v) is 2.49. The Morgan fingerprint density at radius 2 is 2.42 bits per heavy atom. The highest BCUT2D eigenvalue weighted by atomic mass is 16.5. The van der Waals surface area contributed by atoms with Crippen LogP contribution < -0.4 is 11.2 Å². The first-order valence-electron chi connectivity index (χ1n) is 6.68. The van der Waals surface area contributed by atoms with Crippen molar-refractivity contribution in [2.24, 2.45) is 5.84 Å². The molecule has 0 aromatic carbocycles. The van der Waals surface area contributed by atoms with Crippen molar-refractivity contribution in [2.45, 2.75) is 32.5 Å². The number of nitrogens with two attached hydrogens (primary N) is 1. The van der Waals surface area contributed by atoms with Crippen LogP contribution in [0.15, 0.2) is 24.0 Å². The van der Waals surface area contributed by atoms with Gasteiger partial charge in [-0.05, 0) is 25.5 Å². The average Bonchev–Trinajstić information content (AvgIpc) is 2.79.